The van der Waals surface area contributed by atoms with Crippen LogP contribution >= 0.6 is 0 Å². The third kappa shape index (κ3) is 5.13. The summed E-state index contributed by atoms with van der Waals surface area (Å²) in [5.74, 6) is -0.0645. The van der Waals surface area contributed by atoms with Gasteiger partial charge >= 0.3 is 0 Å². The molecule has 3 aromatic carbocycles. The number of benzene rings is 3. The number of aliphatic hydroxyl groups is 1. The predicted molar refractivity (Wildman–Crippen MR) is 139 cm³/mol. The molecule has 0 spiro atoms. The number of nitrogens with zero attached hydrogens (tertiary/aromatic N) is 1. The van der Waals surface area contributed by atoms with Crippen LogP contribution < -0.4 is 9.47 Å². The van der Waals surface area contributed by atoms with Crippen LogP contribution in [0.1, 0.15) is 42.1 Å². The van der Waals surface area contributed by atoms with Crippen LogP contribution in [-0.4, -0.2) is 35.4 Å². The maximum Gasteiger partial charge on any atom is 0.295 e. The van der Waals surface area contributed by atoms with E-state index in [1.54, 1.807) is 31.4 Å². The highest BCUT2D eigenvalue weighted by Gasteiger charge is 2.46. The van der Waals surface area contributed by atoms with E-state index < -0.39 is 17.7 Å². The molecule has 4 rings (SSSR count). The Morgan fingerprint density at radius 2 is 1.75 bits per heavy atom. The third-order valence-electron chi connectivity index (χ3n) is 6.12. The first-order valence-corrected chi connectivity index (χ1v) is 12.0. The molecule has 1 N–H and O–H groups in total. The maximum atomic E-state index is 13.4. The first kappa shape index (κ1) is 25.0. The SMILES string of the molecule is COc1ccccc1CN1C(=O)C(=O)/C(=C(\O)c2cccc(OCC(C)C)c2)C1c1cccc(C)c1. The van der Waals surface area contributed by atoms with Crippen molar-refractivity contribution in [2.75, 3.05) is 13.7 Å². The summed E-state index contributed by atoms with van der Waals surface area (Å²) in [6.07, 6.45) is 0. The monoisotopic (exact) mass is 485 g/mol. The van der Waals surface area contributed by atoms with Gasteiger partial charge in [0.05, 0.1) is 31.9 Å². The normalized spacial score (nSPS) is 17.0. The van der Waals surface area contributed by atoms with Crippen LogP contribution in [0.3, 0.4) is 0 Å². The number of aryl methyl sites for hydroxylation is 1. The summed E-state index contributed by atoms with van der Waals surface area (Å²) in [6, 6.07) is 21.2. The van der Waals surface area contributed by atoms with Gasteiger partial charge in [-0.15, -0.1) is 0 Å². The van der Waals surface area contributed by atoms with Crippen molar-refractivity contribution in [3.8, 4) is 11.5 Å². The molecule has 1 saturated heterocycles. The van der Waals surface area contributed by atoms with Crippen molar-refractivity contribution in [1.82, 2.24) is 4.90 Å². The fourth-order valence-corrected chi connectivity index (χ4v) is 4.40. The molecule has 1 heterocycles. The highest BCUT2D eigenvalue weighted by atomic mass is 16.5. The summed E-state index contributed by atoms with van der Waals surface area (Å²) in [5, 5.41) is 11.4. The van der Waals surface area contributed by atoms with Crippen LogP contribution in [0.4, 0.5) is 0 Å². The first-order valence-electron chi connectivity index (χ1n) is 12.0. The zero-order valence-electron chi connectivity index (χ0n) is 21.0. The fourth-order valence-electron chi connectivity index (χ4n) is 4.40. The number of carbonyl (C=O) groups is 2. The number of ketones is 1. The van der Waals surface area contributed by atoms with E-state index in [2.05, 4.69) is 13.8 Å². The van der Waals surface area contributed by atoms with Crippen molar-refractivity contribution >= 4 is 17.4 Å². The second kappa shape index (κ2) is 10.7. The highest BCUT2D eigenvalue weighted by Crippen LogP contribution is 2.41. The Bertz CT molecular complexity index is 1310. The molecule has 0 saturated carbocycles. The Balaban J connectivity index is 1.82. The van der Waals surface area contributed by atoms with Crippen molar-refractivity contribution in [3.05, 3.63) is 101 Å². The Hall–Kier alpha value is -4.06. The predicted octanol–water partition coefficient (Wildman–Crippen LogP) is 5.66. The van der Waals surface area contributed by atoms with Gasteiger partial charge in [0.15, 0.2) is 0 Å². The van der Waals surface area contributed by atoms with Gasteiger partial charge in [-0.2, -0.15) is 0 Å². The Labute approximate surface area is 211 Å². The lowest BCUT2D eigenvalue weighted by molar-refractivity contribution is -0.140. The standard InChI is InChI=1S/C30H31NO5/c1-19(2)18-36-24-13-8-12-22(16-24)28(32)26-27(21-11-7-9-20(3)15-21)31(30(34)29(26)33)17-23-10-5-6-14-25(23)35-4/h5-16,19,27,32H,17-18H2,1-4H3/b28-26-. The van der Waals surface area contributed by atoms with E-state index in [1.807, 2.05) is 55.5 Å². The van der Waals surface area contributed by atoms with Gasteiger partial charge in [-0.05, 0) is 36.6 Å². The summed E-state index contributed by atoms with van der Waals surface area (Å²) in [6.45, 7) is 6.73. The minimum Gasteiger partial charge on any atom is -0.507 e. The fraction of sp³-hybridized carbons (Fsp3) is 0.267. The number of carbonyl (C=O) groups excluding carboxylic acids is 2. The summed E-state index contributed by atoms with van der Waals surface area (Å²) in [4.78, 5) is 28.2. The molecule has 36 heavy (non-hydrogen) atoms. The number of para-hydroxylation sites is 1. The Morgan fingerprint density at radius 3 is 2.47 bits per heavy atom. The average molecular weight is 486 g/mol. The number of aliphatic hydroxyl groups excluding tert-OH is 1. The van der Waals surface area contributed by atoms with E-state index in [0.717, 1.165) is 16.7 Å². The van der Waals surface area contributed by atoms with Crippen LogP contribution in [0.2, 0.25) is 0 Å². The second-order valence-corrected chi connectivity index (χ2v) is 9.39. The molecule has 6 heteroatoms. The molecule has 6 nitrogen and oxygen atoms in total. The maximum absolute atomic E-state index is 13.4. The lowest BCUT2D eigenvalue weighted by atomic mass is 9.94. The molecule has 1 fully saturated rings. The molecule has 0 bridgehead atoms. The molecule has 1 aliphatic heterocycles. The van der Waals surface area contributed by atoms with Gasteiger partial charge in [0.1, 0.15) is 17.3 Å². The van der Waals surface area contributed by atoms with Gasteiger partial charge in [0, 0.05) is 11.1 Å². The quantitative estimate of drug-likeness (QED) is 0.253. The second-order valence-electron chi connectivity index (χ2n) is 9.39. The number of amides is 1. The van der Waals surface area contributed by atoms with E-state index in [1.165, 1.54) is 4.90 Å². The summed E-state index contributed by atoms with van der Waals surface area (Å²) >= 11 is 0. The van der Waals surface area contributed by atoms with Crippen LogP contribution in [0.5, 0.6) is 11.5 Å². The molecule has 1 atom stereocenters. The number of rotatable bonds is 8. The average Bonchev–Trinajstić information content (AvgIpc) is 3.12. The van der Waals surface area contributed by atoms with Gasteiger partial charge in [0.25, 0.3) is 11.7 Å². The zero-order chi connectivity index (χ0) is 25.8. The Morgan fingerprint density at radius 1 is 1.00 bits per heavy atom. The molecule has 0 radical (unpaired) electrons. The highest BCUT2D eigenvalue weighted by molar-refractivity contribution is 6.46. The number of methoxy groups -OCH3 is 1. The van der Waals surface area contributed by atoms with Gasteiger partial charge in [0.2, 0.25) is 0 Å². The van der Waals surface area contributed by atoms with Crippen LogP contribution in [0.15, 0.2) is 78.4 Å². The van der Waals surface area contributed by atoms with E-state index in [9.17, 15) is 14.7 Å². The van der Waals surface area contributed by atoms with E-state index in [0.29, 0.717) is 29.6 Å². The first-order chi connectivity index (χ1) is 17.3. The van der Waals surface area contributed by atoms with Crippen LogP contribution in [0.25, 0.3) is 5.76 Å². The molecular weight excluding hydrogens is 454 g/mol. The van der Waals surface area contributed by atoms with Crippen LogP contribution in [-0.2, 0) is 16.1 Å². The number of likely N-dealkylation sites (tertiary alicyclic amines) is 1. The lowest BCUT2D eigenvalue weighted by Crippen LogP contribution is -2.29. The van der Waals surface area contributed by atoms with Crippen LogP contribution in [0, 0.1) is 12.8 Å². The number of hydrogen-bond acceptors (Lipinski definition) is 5. The van der Waals surface area contributed by atoms with Crippen molar-refractivity contribution < 1.29 is 24.2 Å². The summed E-state index contributed by atoms with van der Waals surface area (Å²) in [7, 11) is 1.57. The number of hydrogen-bond donors (Lipinski definition) is 1. The molecule has 0 aromatic heterocycles. The molecule has 1 unspecified atom stereocenters. The summed E-state index contributed by atoms with van der Waals surface area (Å²) < 4.78 is 11.3. The van der Waals surface area contributed by atoms with Gasteiger partial charge in [-0.25, -0.2) is 0 Å². The summed E-state index contributed by atoms with van der Waals surface area (Å²) in [5.41, 5.74) is 2.98. The molecular formula is C30H31NO5. The minimum absolute atomic E-state index is 0.0570. The molecule has 0 aliphatic carbocycles. The topological polar surface area (TPSA) is 76.1 Å². The molecule has 186 valence electrons. The van der Waals surface area contributed by atoms with Crippen molar-refractivity contribution in [2.45, 2.75) is 33.4 Å². The van der Waals surface area contributed by atoms with E-state index >= 15 is 0 Å². The third-order valence-corrected chi connectivity index (χ3v) is 6.12. The Kier molecular flexibility index (Phi) is 7.44. The van der Waals surface area contributed by atoms with Crippen molar-refractivity contribution in [3.63, 3.8) is 0 Å². The smallest absolute Gasteiger partial charge is 0.295 e. The molecule has 1 aliphatic rings. The molecule has 3 aromatic rings. The zero-order valence-corrected chi connectivity index (χ0v) is 21.0. The largest absolute Gasteiger partial charge is 0.507 e. The molecule has 1 amide bonds. The van der Waals surface area contributed by atoms with Crippen molar-refractivity contribution in [2.24, 2.45) is 5.92 Å². The number of Topliss-reactive ketones (excluding diaryl/α,β-unsaturated/α-hetero) is 1. The lowest BCUT2D eigenvalue weighted by Gasteiger charge is -2.26. The van der Waals surface area contributed by atoms with Gasteiger partial charge in [-0.3, -0.25) is 9.59 Å². The van der Waals surface area contributed by atoms with Gasteiger partial charge < -0.3 is 19.5 Å². The van der Waals surface area contributed by atoms with Crippen molar-refractivity contribution in [1.29, 1.82) is 0 Å². The van der Waals surface area contributed by atoms with E-state index in [-0.39, 0.29) is 17.9 Å². The minimum atomic E-state index is -0.755. The van der Waals surface area contributed by atoms with E-state index in [4.69, 9.17) is 9.47 Å². The number of ether oxygens (including phenoxy) is 2. The van der Waals surface area contributed by atoms with Gasteiger partial charge in [-0.1, -0.05) is 74.0 Å².